The molecule has 3 rings (SSSR count). The summed E-state index contributed by atoms with van der Waals surface area (Å²) in [7, 11) is 0. The first kappa shape index (κ1) is 13.9. The van der Waals surface area contributed by atoms with Crippen molar-refractivity contribution in [2.45, 2.75) is 19.3 Å². The van der Waals surface area contributed by atoms with E-state index in [1.807, 2.05) is 0 Å². The molecule has 0 radical (unpaired) electrons. The van der Waals surface area contributed by atoms with Crippen molar-refractivity contribution in [3.05, 3.63) is 18.2 Å². The van der Waals surface area contributed by atoms with Crippen LogP contribution in [-0.4, -0.2) is 31.5 Å². The third kappa shape index (κ3) is 3.52. The van der Waals surface area contributed by atoms with Crippen LogP contribution >= 0.6 is 0 Å². The number of rotatable bonds is 4. The van der Waals surface area contributed by atoms with Gasteiger partial charge in [0.1, 0.15) is 5.75 Å². The summed E-state index contributed by atoms with van der Waals surface area (Å²) in [5.41, 5.74) is 1.33. The van der Waals surface area contributed by atoms with Gasteiger partial charge in [-0.05, 0) is 44.0 Å². The molecule has 2 heterocycles. The number of carbonyl (C=O) groups excluding carboxylic acids is 2. The summed E-state index contributed by atoms with van der Waals surface area (Å²) in [6.45, 7) is 2.08. The van der Waals surface area contributed by atoms with Gasteiger partial charge in [-0.15, -0.1) is 0 Å². The molecule has 1 aromatic carbocycles. The molecule has 112 valence electrons. The van der Waals surface area contributed by atoms with Crippen LogP contribution in [0.2, 0.25) is 0 Å². The SMILES string of the molecule is O=C(CCC1CCNC1)Nc1ccc2c(c1)OCC(=O)N2. The molecule has 1 unspecified atom stereocenters. The monoisotopic (exact) mass is 289 g/mol. The van der Waals surface area contributed by atoms with Crippen LogP contribution in [0.4, 0.5) is 11.4 Å². The first-order valence-corrected chi connectivity index (χ1v) is 7.28. The van der Waals surface area contributed by atoms with Crippen molar-refractivity contribution in [3.8, 4) is 5.75 Å². The molecular formula is C15H19N3O3. The van der Waals surface area contributed by atoms with Crippen LogP contribution in [0, 0.1) is 5.92 Å². The fourth-order valence-electron chi connectivity index (χ4n) is 2.67. The largest absolute Gasteiger partial charge is 0.482 e. The minimum atomic E-state index is -0.163. The number of amides is 2. The Labute approximate surface area is 123 Å². The van der Waals surface area contributed by atoms with Crippen molar-refractivity contribution in [2.75, 3.05) is 30.3 Å². The molecule has 0 bridgehead atoms. The van der Waals surface area contributed by atoms with E-state index < -0.39 is 0 Å². The van der Waals surface area contributed by atoms with Crippen molar-refractivity contribution in [3.63, 3.8) is 0 Å². The fraction of sp³-hybridized carbons (Fsp3) is 0.467. The number of anilines is 2. The van der Waals surface area contributed by atoms with Gasteiger partial charge in [0.05, 0.1) is 5.69 Å². The average molecular weight is 289 g/mol. The highest BCUT2D eigenvalue weighted by molar-refractivity contribution is 5.97. The zero-order valence-electron chi connectivity index (χ0n) is 11.8. The van der Waals surface area contributed by atoms with Crippen LogP contribution in [0.5, 0.6) is 5.75 Å². The average Bonchev–Trinajstić information content (AvgIpc) is 2.99. The number of fused-ring (bicyclic) bond motifs is 1. The van der Waals surface area contributed by atoms with Gasteiger partial charge >= 0.3 is 0 Å². The number of ether oxygens (including phenoxy) is 1. The van der Waals surface area contributed by atoms with Gasteiger partial charge in [0, 0.05) is 18.2 Å². The Kier molecular flexibility index (Phi) is 4.06. The zero-order chi connectivity index (χ0) is 14.7. The second-order valence-corrected chi connectivity index (χ2v) is 5.49. The minimum absolute atomic E-state index is 0.0130. The van der Waals surface area contributed by atoms with Gasteiger partial charge in [0.2, 0.25) is 5.91 Å². The lowest BCUT2D eigenvalue weighted by Crippen LogP contribution is -2.25. The van der Waals surface area contributed by atoms with E-state index in [-0.39, 0.29) is 18.4 Å². The van der Waals surface area contributed by atoms with Crippen LogP contribution in [-0.2, 0) is 9.59 Å². The molecule has 1 atom stereocenters. The Balaban J connectivity index is 1.54. The van der Waals surface area contributed by atoms with Crippen LogP contribution in [0.15, 0.2) is 18.2 Å². The first-order valence-electron chi connectivity index (χ1n) is 7.28. The minimum Gasteiger partial charge on any atom is -0.482 e. The number of hydrogen-bond acceptors (Lipinski definition) is 4. The van der Waals surface area contributed by atoms with Gasteiger partial charge in [-0.1, -0.05) is 0 Å². The molecule has 2 aliphatic heterocycles. The van der Waals surface area contributed by atoms with Crippen LogP contribution in [0.1, 0.15) is 19.3 Å². The lowest BCUT2D eigenvalue weighted by Gasteiger charge is -2.18. The molecule has 1 fully saturated rings. The summed E-state index contributed by atoms with van der Waals surface area (Å²) in [5.74, 6) is 1.05. The van der Waals surface area contributed by atoms with E-state index in [0.717, 1.165) is 25.9 Å². The fourth-order valence-corrected chi connectivity index (χ4v) is 2.67. The van der Waals surface area contributed by atoms with Crippen molar-refractivity contribution in [1.29, 1.82) is 0 Å². The van der Waals surface area contributed by atoms with Crippen LogP contribution in [0.3, 0.4) is 0 Å². The zero-order valence-corrected chi connectivity index (χ0v) is 11.8. The summed E-state index contributed by atoms with van der Waals surface area (Å²) in [4.78, 5) is 23.1. The van der Waals surface area contributed by atoms with E-state index in [2.05, 4.69) is 16.0 Å². The van der Waals surface area contributed by atoms with Crippen molar-refractivity contribution in [1.82, 2.24) is 5.32 Å². The molecule has 0 aliphatic carbocycles. The molecule has 6 nitrogen and oxygen atoms in total. The second-order valence-electron chi connectivity index (χ2n) is 5.49. The maximum Gasteiger partial charge on any atom is 0.262 e. The highest BCUT2D eigenvalue weighted by atomic mass is 16.5. The molecule has 0 aromatic heterocycles. The van der Waals surface area contributed by atoms with Gasteiger partial charge in [-0.25, -0.2) is 0 Å². The Hall–Kier alpha value is -2.08. The molecule has 1 saturated heterocycles. The molecule has 0 saturated carbocycles. The molecule has 0 spiro atoms. The maximum atomic E-state index is 11.9. The molecule has 2 aliphatic rings. The standard InChI is InChI=1S/C15H19N3O3/c19-14(4-1-10-5-6-16-8-10)17-11-2-3-12-13(7-11)21-9-15(20)18-12/h2-3,7,10,16H,1,4-6,8-9H2,(H,17,19)(H,18,20). The highest BCUT2D eigenvalue weighted by Gasteiger charge is 2.18. The third-order valence-corrected chi connectivity index (χ3v) is 3.84. The smallest absolute Gasteiger partial charge is 0.262 e. The van der Waals surface area contributed by atoms with Crippen LogP contribution in [0.25, 0.3) is 0 Å². The summed E-state index contributed by atoms with van der Waals surface area (Å²) in [5, 5.41) is 8.90. The Morgan fingerprint density at radius 2 is 2.33 bits per heavy atom. The molecule has 2 amide bonds. The van der Waals surface area contributed by atoms with E-state index in [0.29, 0.717) is 29.5 Å². The highest BCUT2D eigenvalue weighted by Crippen LogP contribution is 2.30. The molecule has 3 N–H and O–H groups in total. The van der Waals surface area contributed by atoms with Crippen molar-refractivity contribution in [2.24, 2.45) is 5.92 Å². The normalized spacial score (nSPS) is 20.4. The molecule has 6 heteroatoms. The maximum absolute atomic E-state index is 11.9. The summed E-state index contributed by atoms with van der Waals surface area (Å²) in [6, 6.07) is 5.25. The lowest BCUT2D eigenvalue weighted by atomic mass is 10.0. The molecule has 1 aromatic rings. The van der Waals surface area contributed by atoms with Crippen molar-refractivity contribution < 1.29 is 14.3 Å². The number of hydrogen-bond donors (Lipinski definition) is 3. The number of nitrogens with one attached hydrogen (secondary N) is 3. The topological polar surface area (TPSA) is 79.5 Å². The van der Waals surface area contributed by atoms with Gasteiger partial charge in [-0.3, -0.25) is 9.59 Å². The van der Waals surface area contributed by atoms with E-state index in [4.69, 9.17) is 4.74 Å². The summed E-state index contributed by atoms with van der Waals surface area (Å²) >= 11 is 0. The van der Waals surface area contributed by atoms with Gasteiger partial charge in [0.25, 0.3) is 5.91 Å². The molecule has 21 heavy (non-hydrogen) atoms. The van der Waals surface area contributed by atoms with Crippen molar-refractivity contribution >= 4 is 23.2 Å². The Bertz CT molecular complexity index is 553. The summed E-state index contributed by atoms with van der Waals surface area (Å²) < 4.78 is 5.33. The van der Waals surface area contributed by atoms with E-state index >= 15 is 0 Å². The van der Waals surface area contributed by atoms with E-state index in [1.165, 1.54) is 0 Å². The van der Waals surface area contributed by atoms with Gasteiger partial charge < -0.3 is 20.7 Å². The third-order valence-electron chi connectivity index (χ3n) is 3.84. The first-order chi connectivity index (χ1) is 10.2. The van der Waals surface area contributed by atoms with Gasteiger partial charge in [-0.2, -0.15) is 0 Å². The Morgan fingerprint density at radius 1 is 1.43 bits per heavy atom. The molecular weight excluding hydrogens is 270 g/mol. The predicted octanol–water partition coefficient (Wildman–Crippen LogP) is 1.35. The van der Waals surface area contributed by atoms with Crippen LogP contribution < -0.4 is 20.7 Å². The Morgan fingerprint density at radius 3 is 3.14 bits per heavy atom. The predicted molar refractivity (Wildman–Crippen MR) is 79.4 cm³/mol. The second kappa shape index (κ2) is 6.13. The van der Waals surface area contributed by atoms with E-state index in [1.54, 1.807) is 18.2 Å². The quantitative estimate of drug-likeness (QED) is 0.781. The van der Waals surface area contributed by atoms with Gasteiger partial charge in [0.15, 0.2) is 6.61 Å². The number of carbonyl (C=O) groups is 2. The van der Waals surface area contributed by atoms with E-state index in [9.17, 15) is 9.59 Å². The number of benzene rings is 1. The summed E-state index contributed by atoms with van der Waals surface area (Å²) in [6.07, 6.45) is 2.59. The lowest BCUT2D eigenvalue weighted by molar-refractivity contribution is -0.118.